The number of benzene rings is 1. The molecule has 1 aliphatic heterocycles. The van der Waals surface area contributed by atoms with Crippen molar-refractivity contribution in [3.8, 4) is 0 Å². The van der Waals surface area contributed by atoms with Crippen LogP contribution in [0.25, 0.3) is 5.70 Å². The second kappa shape index (κ2) is 6.03. The Morgan fingerprint density at radius 1 is 1.40 bits per heavy atom. The normalized spacial score (nSPS) is 13.9. The Morgan fingerprint density at radius 3 is 2.76 bits per heavy atom. The molecule has 0 aliphatic carbocycles. The summed E-state index contributed by atoms with van der Waals surface area (Å²) in [6.07, 6.45) is -4.25. The Bertz CT molecular complexity index is 913. The molecule has 1 aliphatic rings. The molecule has 2 heterocycles. The van der Waals surface area contributed by atoms with Crippen molar-refractivity contribution >= 4 is 33.8 Å². The van der Waals surface area contributed by atoms with E-state index in [-0.39, 0.29) is 11.3 Å². The van der Waals surface area contributed by atoms with Crippen LogP contribution in [0.15, 0.2) is 35.8 Å². The van der Waals surface area contributed by atoms with Crippen molar-refractivity contribution in [3.63, 3.8) is 0 Å². The molecule has 3 rings (SSSR count). The molecule has 0 spiro atoms. The SMILES string of the molecule is C=C1NC(Cc2cccc(C(F)(F)F)c2)=Nc2sc(C(=O)O)c(C)c21. The molecule has 1 aromatic carbocycles. The van der Waals surface area contributed by atoms with E-state index in [0.29, 0.717) is 33.2 Å². The second-order valence-corrected chi connectivity index (χ2v) is 6.58. The molecule has 130 valence electrons. The average Bonchev–Trinajstić information content (AvgIpc) is 2.84. The number of hydrogen-bond acceptors (Lipinski definition) is 4. The van der Waals surface area contributed by atoms with Gasteiger partial charge >= 0.3 is 12.1 Å². The zero-order valence-electron chi connectivity index (χ0n) is 13.1. The number of thiophene rings is 1. The highest BCUT2D eigenvalue weighted by atomic mass is 32.1. The van der Waals surface area contributed by atoms with Crippen LogP contribution in [-0.2, 0) is 12.6 Å². The molecule has 0 unspecified atom stereocenters. The second-order valence-electron chi connectivity index (χ2n) is 5.58. The maximum Gasteiger partial charge on any atom is 0.416 e. The van der Waals surface area contributed by atoms with Gasteiger partial charge in [0.05, 0.1) is 5.56 Å². The minimum atomic E-state index is -4.41. The Labute approximate surface area is 145 Å². The molecule has 25 heavy (non-hydrogen) atoms. The number of rotatable bonds is 3. The van der Waals surface area contributed by atoms with Gasteiger partial charge in [-0.25, -0.2) is 9.79 Å². The Kier molecular flexibility index (Phi) is 4.16. The number of halogens is 3. The van der Waals surface area contributed by atoms with Gasteiger partial charge in [-0.2, -0.15) is 13.2 Å². The van der Waals surface area contributed by atoms with Crippen molar-refractivity contribution < 1.29 is 23.1 Å². The molecular formula is C17H13F3N2O2S. The fourth-order valence-corrected chi connectivity index (χ4v) is 3.73. The molecule has 0 saturated heterocycles. The van der Waals surface area contributed by atoms with Gasteiger partial charge in [0.2, 0.25) is 0 Å². The molecule has 0 bridgehead atoms. The molecule has 0 fully saturated rings. The highest BCUT2D eigenvalue weighted by molar-refractivity contribution is 7.18. The fraction of sp³-hybridized carbons (Fsp3) is 0.176. The van der Waals surface area contributed by atoms with E-state index in [4.69, 9.17) is 0 Å². The van der Waals surface area contributed by atoms with Gasteiger partial charge in [0.15, 0.2) is 0 Å². The molecule has 2 aromatic rings. The van der Waals surface area contributed by atoms with Crippen LogP contribution in [0.4, 0.5) is 18.2 Å². The van der Waals surface area contributed by atoms with E-state index in [1.165, 1.54) is 6.07 Å². The number of aliphatic imine (C=N–C) groups is 1. The highest BCUT2D eigenvalue weighted by Gasteiger charge is 2.30. The third kappa shape index (κ3) is 3.30. The van der Waals surface area contributed by atoms with Gasteiger partial charge < -0.3 is 10.4 Å². The first kappa shape index (κ1) is 17.2. The number of alkyl halides is 3. The first-order valence-electron chi connectivity index (χ1n) is 7.23. The summed E-state index contributed by atoms with van der Waals surface area (Å²) < 4.78 is 38.4. The Balaban J connectivity index is 1.94. The van der Waals surface area contributed by atoms with E-state index in [2.05, 4.69) is 16.9 Å². The number of carboxylic acids is 1. The molecule has 0 amide bonds. The standard InChI is InChI=1S/C17H13F3N2O2S/c1-8-13-9(2)21-12(22-15(13)25-14(8)16(23)24)7-10-4-3-5-11(6-10)17(18,19)20/h3-6H,2,7H2,1H3,(H,21,22)(H,23,24). The summed E-state index contributed by atoms with van der Waals surface area (Å²) in [5, 5.41) is 12.7. The number of amidine groups is 1. The Hall–Kier alpha value is -2.61. The average molecular weight is 366 g/mol. The quantitative estimate of drug-likeness (QED) is 0.833. The van der Waals surface area contributed by atoms with Crippen molar-refractivity contribution in [1.29, 1.82) is 0 Å². The summed E-state index contributed by atoms with van der Waals surface area (Å²) in [6, 6.07) is 5.02. The molecule has 4 nitrogen and oxygen atoms in total. The van der Waals surface area contributed by atoms with Gasteiger partial charge in [-0.1, -0.05) is 24.8 Å². The van der Waals surface area contributed by atoms with E-state index in [1.54, 1.807) is 13.0 Å². The van der Waals surface area contributed by atoms with Gasteiger partial charge in [-0.05, 0) is 24.1 Å². The lowest BCUT2D eigenvalue weighted by Gasteiger charge is -2.18. The van der Waals surface area contributed by atoms with Crippen molar-refractivity contribution in [2.45, 2.75) is 19.5 Å². The molecule has 0 atom stereocenters. The molecular weight excluding hydrogens is 353 g/mol. The monoisotopic (exact) mass is 366 g/mol. The lowest BCUT2D eigenvalue weighted by molar-refractivity contribution is -0.137. The van der Waals surface area contributed by atoms with Crippen molar-refractivity contribution in [1.82, 2.24) is 5.32 Å². The van der Waals surface area contributed by atoms with Gasteiger partial charge in [0.1, 0.15) is 15.7 Å². The maximum absolute atomic E-state index is 12.8. The van der Waals surface area contributed by atoms with Crippen LogP contribution in [0.1, 0.15) is 31.9 Å². The predicted molar refractivity (Wildman–Crippen MR) is 90.4 cm³/mol. The van der Waals surface area contributed by atoms with E-state index in [1.807, 2.05) is 0 Å². The molecule has 2 N–H and O–H groups in total. The summed E-state index contributed by atoms with van der Waals surface area (Å²) in [4.78, 5) is 15.8. The number of carbonyl (C=O) groups is 1. The largest absolute Gasteiger partial charge is 0.477 e. The third-order valence-electron chi connectivity index (χ3n) is 3.78. The number of nitrogens with one attached hydrogen (secondary N) is 1. The van der Waals surface area contributed by atoms with E-state index >= 15 is 0 Å². The van der Waals surface area contributed by atoms with Crippen LogP contribution in [0.5, 0.6) is 0 Å². The van der Waals surface area contributed by atoms with Crippen LogP contribution in [0, 0.1) is 6.92 Å². The van der Waals surface area contributed by atoms with Crippen molar-refractivity contribution in [3.05, 3.63) is 58.0 Å². The van der Waals surface area contributed by atoms with E-state index in [0.717, 1.165) is 23.5 Å². The number of nitrogens with zero attached hydrogens (tertiary/aromatic N) is 1. The van der Waals surface area contributed by atoms with Gasteiger partial charge in [0, 0.05) is 17.7 Å². The summed E-state index contributed by atoms with van der Waals surface area (Å²) in [5.41, 5.74) is 1.43. The zero-order valence-corrected chi connectivity index (χ0v) is 13.9. The van der Waals surface area contributed by atoms with Crippen LogP contribution >= 0.6 is 11.3 Å². The summed E-state index contributed by atoms with van der Waals surface area (Å²) in [6.45, 7) is 5.56. The highest BCUT2D eigenvalue weighted by Crippen LogP contribution is 2.40. The topological polar surface area (TPSA) is 61.7 Å². The smallest absolute Gasteiger partial charge is 0.416 e. The summed E-state index contributed by atoms with van der Waals surface area (Å²) in [5.74, 6) is -0.616. The fourth-order valence-electron chi connectivity index (χ4n) is 2.66. The number of carboxylic acid groups (broad SMARTS) is 1. The van der Waals surface area contributed by atoms with Gasteiger partial charge in [-0.3, -0.25) is 0 Å². The lowest BCUT2D eigenvalue weighted by atomic mass is 10.0. The minimum Gasteiger partial charge on any atom is -0.477 e. The zero-order chi connectivity index (χ0) is 18.4. The number of fused-ring (bicyclic) bond motifs is 1. The molecule has 8 heteroatoms. The minimum absolute atomic E-state index is 0.154. The van der Waals surface area contributed by atoms with Crippen molar-refractivity contribution in [2.75, 3.05) is 0 Å². The van der Waals surface area contributed by atoms with E-state index < -0.39 is 17.7 Å². The van der Waals surface area contributed by atoms with E-state index in [9.17, 15) is 23.1 Å². The van der Waals surface area contributed by atoms with Gasteiger partial charge in [-0.15, -0.1) is 11.3 Å². The number of hydrogen-bond donors (Lipinski definition) is 2. The predicted octanol–water partition coefficient (Wildman–Crippen LogP) is 4.62. The van der Waals surface area contributed by atoms with Gasteiger partial charge in [0.25, 0.3) is 0 Å². The first-order valence-corrected chi connectivity index (χ1v) is 8.05. The molecule has 0 saturated carbocycles. The summed E-state index contributed by atoms with van der Waals surface area (Å²) in [7, 11) is 0. The van der Waals surface area contributed by atoms with Crippen LogP contribution in [0.2, 0.25) is 0 Å². The third-order valence-corrected chi connectivity index (χ3v) is 4.96. The molecule has 0 radical (unpaired) electrons. The lowest BCUT2D eigenvalue weighted by Crippen LogP contribution is -2.26. The van der Waals surface area contributed by atoms with Crippen molar-refractivity contribution in [2.24, 2.45) is 4.99 Å². The van der Waals surface area contributed by atoms with Crippen LogP contribution in [0.3, 0.4) is 0 Å². The van der Waals surface area contributed by atoms with Crippen LogP contribution < -0.4 is 5.32 Å². The first-order chi connectivity index (χ1) is 11.7. The van der Waals surface area contributed by atoms with Crippen LogP contribution in [-0.4, -0.2) is 16.9 Å². The molecule has 1 aromatic heterocycles. The Morgan fingerprint density at radius 2 is 2.12 bits per heavy atom. The number of aromatic carboxylic acids is 1. The summed E-state index contributed by atoms with van der Waals surface area (Å²) >= 11 is 1.03. The maximum atomic E-state index is 12.8.